The highest BCUT2D eigenvalue weighted by Gasteiger charge is 2.37. The Morgan fingerprint density at radius 3 is 2.67 bits per heavy atom. The van der Waals surface area contributed by atoms with E-state index in [1.165, 1.54) is 19.3 Å². The SMILES string of the molecule is CC(C)C1CC1CCCCC=O. The van der Waals surface area contributed by atoms with Crippen molar-refractivity contribution >= 4 is 6.29 Å². The van der Waals surface area contributed by atoms with Gasteiger partial charge in [-0.2, -0.15) is 0 Å². The Balaban J connectivity index is 1.93. The van der Waals surface area contributed by atoms with Crippen LogP contribution in [0.25, 0.3) is 0 Å². The van der Waals surface area contributed by atoms with Gasteiger partial charge in [-0.25, -0.2) is 0 Å². The monoisotopic (exact) mass is 168 g/mol. The lowest BCUT2D eigenvalue weighted by Crippen LogP contribution is -1.92. The fourth-order valence-electron chi connectivity index (χ4n) is 2.05. The molecule has 2 unspecified atom stereocenters. The fourth-order valence-corrected chi connectivity index (χ4v) is 2.05. The van der Waals surface area contributed by atoms with Crippen LogP contribution in [0.3, 0.4) is 0 Å². The van der Waals surface area contributed by atoms with Crippen LogP contribution in [0.5, 0.6) is 0 Å². The van der Waals surface area contributed by atoms with Crippen molar-refractivity contribution in [2.45, 2.75) is 46.0 Å². The molecular weight excluding hydrogens is 148 g/mol. The Labute approximate surface area is 75.5 Å². The van der Waals surface area contributed by atoms with Gasteiger partial charge in [0.1, 0.15) is 6.29 Å². The second kappa shape index (κ2) is 4.64. The lowest BCUT2D eigenvalue weighted by molar-refractivity contribution is -0.107. The number of carbonyl (C=O) groups excluding carboxylic acids is 1. The predicted octanol–water partition coefficient (Wildman–Crippen LogP) is 3.04. The third kappa shape index (κ3) is 2.96. The number of hydrogen-bond acceptors (Lipinski definition) is 1. The van der Waals surface area contributed by atoms with Gasteiger partial charge in [0.15, 0.2) is 0 Å². The molecule has 0 aromatic carbocycles. The van der Waals surface area contributed by atoms with E-state index in [-0.39, 0.29) is 0 Å². The third-order valence-electron chi connectivity index (χ3n) is 2.98. The number of unbranched alkanes of at least 4 members (excludes halogenated alkanes) is 2. The molecule has 0 aromatic rings. The average Bonchev–Trinajstić information content (AvgIpc) is 2.77. The fraction of sp³-hybridized carbons (Fsp3) is 0.909. The van der Waals surface area contributed by atoms with E-state index in [1.807, 2.05) is 0 Å². The molecule has 1 saturated carbocycles. The molecular formula is C11H20O. The van der Waals surface area contributed by atoms with Gasteiger partial charge in [0, 0.05) is 6.42 Å². The standard InChI is InChI=1S/C11H20O/c1-9(2)11-8-10(11)6-4-3-5-7-12/h7,9-11H,3-6,8H2,1-2H3. The van der Waals surface area contributed by atoms with Crippen LogP contribution >= 0.6 is 0 Å². The number of hydrogen-bond donors (Lipinski definition) is 0. The zero-order valence-corrected chi connectivity index (χ0v) is 8.25. The first-order valence-electron chi connectivity index (χ1n) is 5.19. The minimum absolute atomic E-state index is 0.763. The molecule has 2 atom stereocenters. The summed E-state index contributed by atoms with van der Waals surface area (Å²) in [5.74, 6) is 2.87. The van der Waals surface area contributed by atoms with Crippen molar-refractivity contribution in [1.82, 2.24) is 0 Å². The summed E-state index contributed by atoms with van der Waals surface area (Å²) in [5.41, 5.74) is 0. The molecule has 0 spiro atoms. The van der Waals surface area contributed by atoms with Crippen molar-refractivity contribution in [3.8, 4) is 0 Å². The highest BCUT2D eigenvalue weighted by molar-refractivity contribution is 5.48. The zero-order chi connectivity index (χ0) is 8.97. The van der Waals surface area contributed by atoms with Crippen LogP contribution < -0.4 is 0 Å². The van der Waals surface area contributed by atoms with Crippen LogP contribution in [-0.2, 0) is 4.79 Å². The van der Waals surface area contributed by atoms with Crippen molar-refractivity contribution in [2.75, 3.05) is 0 Å². The minimum atomic E-state index is 0.763. The van der Waals surface area contributed by atoms with Gasteiger partial charge in [0.05, 0.1) is 0 Å². The molecule has 0 amide bonds. The molecule has 1 nitrogen and oxygen atoms in total. The largest absolute Gasteiger partial charge is 0.303 e. The lowest BCUT2D eigenvalue weighted by atomic mass is 10.0. The van der Waals surface area contributed by atoms with Gasteiger partial charge in [-0.05, 0) is 30.6 Å². The smallest absolute Gasteiger partial charge is 0.119 e. The minimum Gasteiger partial charge on any atom is -0.303 e. The van der Waals surface area contributed by atoms with E-state index >= 15 is 0 Å². The molecule has 0 aliphatic heterocycles. The van der Waals surface area contributed by atoms with Gasteiger partial charge in [-0.15, -0.1) is 0 Å². The molecule has 1 aliphatic rings. The molecule has 1 aliphatic carbocycles. The second-order valence-corrected chi connectivity index (χ2v) is 4.35. The van der Waals surface area contributed by atoms with Crippen LogP contribution in [0.1, 0.15) is 46.0 Å². The lowest BCUT2D eigenvalue weighted by Gasteiger charge is -2.01. The first kappa shape index (κ1) is 9.76. The van der Waals surface area contributed by atoms with E-state index in [1.54, 1.807) is 0 Å². The topological polar surface area (TPSA) is 17.1 Å². The highest BCUT2D eigenvalue weighted by Crippen LogP contribution is 2.47. The van der Waals surface area contributed by atoms with Crippen LogP contribution in [0.2, 0.25) is 0 Å². The number of rotatable bonds is 6. The van der Waals surface area contributed by atoms with Crippen molar-refractivity contribution in [3.05, 3.63) is 0 Å². The number of carbonyl (C=O) groups is 1. The van der Waals surface area contributed by atoms with E-state index in [9.17, 15) is 4.79 Å². The Kier molecular flexibility index (Phi) is 3.77. The Morgan fingerprint density at radius 2 is 2.17 bits per heavy atom. The van der Waals surface area contributed by atoms with E-state index in [2.05, 4.69) is 13.8 Å². The molecule has 0 saturated heterocycles. The first-order chi connectivity index (χ1) is 5.75. The Morgan fingerprint density at radius 1 is 1.42 bits per heavy atom. The summed E-state index contributed by atoms with van der Waals surface area (Å²) in [6, 6.07) is 0. The van der Waals surface area contributed by atoms with Gasteiger partial charge in [0.25, 0.3) is 0 Å². The quantitative estimate of drug-likeness (QED) is 0.440. The number of aldehydes is 1. The average molecular weight is 168 g/mol. The Hall–Kier alpha value is -0.330. The second-order valence-electron chi connectivity index (χ2n) is 4.35. The summed E-state index contributed by atoms with van der Waals surface area (Å²) in [6.07, 6.45) is 6.96. The maximum Gasteiger partial charge on any atom is 0.119 e. The van der Waals surface area contributed by atoms with Crippen LogP contribution in [0, 0.1) is 17.8 Å². The van der Waals surface area contributed by atoms with Gasteiger partial charge >= 0.3 is 0 Å². The zero-order valence-electron chi connectivity index (χ0n) is 8.25. The molecule has 1 heteroatoms. The summed E-state index contributed by atoms with van der Waals surface area (Å²) in [5, 5.41) is 0. The van der Waals surface area contributed by atoms with Crippen molar-refractivity contribution in [1.29, 1.82) is 0 Å². The third-order valence-corrected chi connectivity index (χ3v) is 2.98. The van der Waals surface area contributed by atoms with Gasteiger partial charge in [-0.3, -0.25) is 0 Å². The van der Waals surface area contributed by atoms with Crippen molar-refractivity contribution in [3.63, 3.8) is 0 Å². The maximum absolute atomic E-state index is 10.0. The Bertz CT molecular complexity index is 140. The van der Waals surface area contributed by atoms with Crippen molar-refractivity contribution < 1.29 is 4.79 Å². The van der Waals surface area contributed by atoms with Gasteiger partial charge in [-0.1, -0.05) is 26.7 Å². The van der Waals surface area contributed by atoms with Crippen LogP contribution in [-0.4, -0.2) is 6.29 Å². The molecule has 1 fully saturated rings. The van der Waals surface area contributed by atoms with E-state index in [0.717, 1.165) is 36.9 Å². The molecule has 0 heterocycles. The molecule has 0 aromatic heterocycles. The molecule has 0 N–H and O–H groups in total. The van der Waals surface area contributed by atoms with Crippen LogP contribution in [0.4, 0.5) is 0 Å². The highest BCUT2D eigenvalue weighted by atomic mass is 16.1. The van der Waals surface area contributed by atoms with E-state index in [0.29, 0.717) is 0 Å². The van der Waals surface area contributed by atoms with Gasteiger partial charge in [0.2, 0.25) is 0 Å². The molecule has 1 rings (SSSR count). The summed E-state index contributed by atoms with van der Waals surface area (Å²) in [6.45, 7) is 4.63. The van der Waals surface area contributed by atoms with Gasteiger partial charge < -0.3 is 4.79 Å². The molecule has 0 bridgehead atoms. The van der Waals surface area contributed by atoms with E-state index in [4.69, 9.17) is 0 Å². The normalized spacial score (nSPS) is 27.6. The summed E-state index contributed by atoms with van der Waals surface area (Å²) in [7, 11) is 0. The predicted molar refractivity (Wildman–Crippen MR) is 51.0 cm³/mol. The molecule has 70 valence electrons. The molecule has 12 heavy (non-hydrogen) atoms. The summed E-state index contributed by atoms with van der Waals surface area (Å²) < 4.78 is 0. The summed E-state index contributed by atoms with van der Waals surface area (Å²) >= 11 is 0. The van der Waals surface area contributed by atoms with Crippen molar-refractivity contribution in [2.24, 2.45) is 17.8 Å². The maximum atomic E-state index is 10.0. The van der Waals surface area contributed by atoms with E-state index < -0.39 is 0 Å². The summed E-state index contributed by atoms with van der Waals surface area (Å²) in [4.78, 5) is 10.0. The first-order valence-corrected chi connectivity index (χ1v) is 5.19. The van der Waals surface area contributed by atoms with Crippen LogP contribution in [0.15, 0.2) is 0 Å². The molecule has 0 radical (unpaired) electrons.